The van der Waals surface area contributed by atoms with Gasteiger partial charge in [-0.1, -0.05) is 78.3 Å². The van der Waals surface area contributed by atoms with Crippen molar-refractivity contribution in [1.29, 1.82) is 0 Å². The Morgan fingerprint density at radius 2 is 1.76 bits per heavy atom. The number of aryl methyl sites for hydroxylation is 1. The summed E-state index contributed by atoms with van der Waals surface area (Å²) >= 11 is 6.93. The number of nitrogens with one attached hydrogen (secondary N) is 1. The van der Waals surface area contributed by atoms with Gasteiger partial charge >= 0.3 is 0 Å². The smallest absolute Gasteiger partial charge is 0.294 e. The van der Waals surface area contributed by atoms with Crippen molar-refractivity contribution in [1.82, 2.24) is 4.90 Å². The van der Waals surface area contributed by atoms with Gasteiger partial charge in [0.1, 0.15) is 18.9 Å². The Labute approximate surface area is 229 Å². The van der Waals surface area contributed by atoms with Gasteiger partial charge < -0.3 is 10.1 Å². The summed E-state index contributed by atoms with van der Waals surface area (Å²) in [6, 6.07) is 26.5. The minimum absolute atomic E-state index is 0.224. The molecule has 1 aliphatic heterocycles. The van der Waals surface area contributed by atoms with Crippen LogP contribution in [0.15, 0.2) is 89.8 Å². The number of carbonyl (C=O) groups is 3. The first-order valence-electron chi connectivity index (χ1n) is 11.9. The fourth-order valence-electron chi connectivity index (χ4n) is 4.07. The monoisotopic (exact) mass is 542 g/mol. The predicted octanol–water partition coefficient (Wildman–Crippen LogP) is 7.06. The number of anilines is 1. The van der Waals surface area contributed by atoms with Gasteiger partial charge in [-0.2, -0.15) is 0 Å². The van der Waals surface area contributed by atoms with Crippen LogP contribution in [0, 0.1) is 6.92 Å². The van der Waals surface area contributed by atoms with Gasteiger partial charge in [0, 0.05) is 16.3 Å². The van der Waals surface area contributed by atoms with E-state index in [-0.39, 0.29) is 4.91 Å². The number of imide groups is 1. The molecule has 0 aliphatic carbocycles. The van der Waals surface area contributed by atoms with Crippen molar-refractivity contribution in [2.75, 3.05) is 11.9 Å². The van der Waals surface area contributed by atoms with Crippen LogP contribution in [-0.4, -0.2) is 28.5 Å². The Morgan fingerprint density at radius 1 is 1.00 bits per heavy atom. The van der Waals surface area contributed by atoms with E-state index in [2.05, 4.69) is 5.32 Å². The lowest BCUT2D eigenvalue weighted by atomic mass is 10.0. The van der Waals surface area contributed by atoms with E-state index in [0.29, 0.717) is 28.6 Å². The quantitative estimate of drug-likeness (QED) is 0.253. The first-order valence-corrected chi connectivity index (χ1v) is 13.1. The molecule has 1 aliphatic rings. The molecule has 0 saturated carbocycles. The van der Waals surface area contributed by atoms with Crippen LogP contribution in [0.5, 0.6) is 5.75 Å². The summed E-state index contributed by atoms with van der Waals surface area (Å²) in [6.07, 6.45) is 1.67. The molecule has 0 spiro atoms. The van der Waals surface area contributed by atoms with E-state index in [1.54, 1.807) is 24.3 Å². The number of amides is 3. The Bertz CT molecular complexity index is 1590. The fraction of sp³-hybridized carbons (Fsp3) is 0.100. The molecule has 1 heterocycles. The second kappa shape index (κ2) is 11.1. The van der Waals surface area contributed by atoms with Crippen molar-refractivity contribution in [2.45, 2.75) is 13.5 Å². The molecule has 190 valence electrons. The lowest BCUT2D eigenvalue weighted by molar-refractivity contribution is -0.127. The standard InChI is InChI=1S/C30H23ClN2O4S/c1-19-11-13-22(15-25(19)31)32-28(34)17-33-29(35)27(38-30(33)36)16-24-23-10-6-5-9-21(23)12-14-26(24)37-18-20-7-3-2-4-8-20/h2-16H,17-18H2,1H3,(H,32,34)/b27-16+. The van der Waals surface area contributed by atoms with Gasteiger partial charge in [0.25, 0.3) is 11.1 Å². The molecule has 3 amide bonds. The number of carbonyl (C=O) groups excluding carboxylic acids is 3. The highest BCUT2D eigenvalue weighted by atomic mass is 35.5. The number of benzene rings is 4. The van der Waals surface area contributed by atoms with E-state index in [1.807, 2.05) is 73.7 Å². The van der Waals surface area contributed by atoms with E-state index in [1.165, 1.54) is 0 Å². The molecule has 0 radical (unpaired) electrons. The van der Waals surface area contributed by atoms with Crippen molar-refractivity contribution >= 4 is 63.0 Å². The largest absolute Gasteiger partial charge is 0.488 e. The number of fused-ring (bicyclic) bond motifs is 1. The molecular formula is C30H23ClN2O4S. The van der Waals surface area contributed by atoms with Crippen LogP contribution >= 0.6 is 23.4 Å². The molecule has 0 unspecified atom stereocenters. The van der Waals surface area contributed by atoms with Gasteiger partial charge in [0.05, 0.1) is 4.91 Å². The summed E-state index contributed by atoms with van der Waals surface area (Å²) in [5.74, 6) is -0.433. The lowest BCUT2D eigenvalue weighted by Crippen LogP contribution is -2.36. The molecule has 0 bridgehead atoms. The summed E-state index contributed by atoms with van der Waals surface area (Å²) in [7, 11) is 0. The van der Waals surface area contributed by atoms with E-state index in [0.717, 1.165) is 38.6 Å². The number of rotatable bonds is 7. The maximum Gasteiger partial charge on any atom is 0.294 e. The maximum absolute atomic E-state index is 13.2. The minimum Gasteiger partial charge on any atom is -0.488 e. The third-order valence-corrected chi connectivity index (χ3v) is 7.39. The molecule has 5 rings (SSSR count). The molecule has 0 atom stereocenters. The number of hydrogen-bond acceptors (Lipinski definition) is 5. The molecule has 4 aromatic rings. The summed E-state index contributed by atoms with van der Waals surface area (Å²) < 4.78 is 6.14. The van der Waals surface area contributed by atoms with Crippen molar-refractivity contribution in [3.63, 3.8) is 0 Å². The van der Waals surface area contributed by atoms with E-state index < -0.39 is 23.6 Å². The Kier molecular flexibility index (Phi) is 7.49. The molecule has 1 fully saturated rings. The van der Waals surface area contributed by atoms with E-state index in [9.17, 15) is 14.4 Å². The van der Waals surface area contributed by atoms with Crippen LogP contribution in [0.2, 0.25) is 5.02 Å². The summed E-state index contributed by atoms with van der Waals surface area (Å²) in [6.45, 7) is 1.81. The highest BCUT2D eigenvalue weighted by Gasteiger charge is 2.36. The first kappa shape index (κ1) is 25.6. The Morgan fingerprint density at radius 3 is 2.55 bits per heavy atom. The van der Waals surface area contributed by atoms with Crippen molar-refractivity contribution < 1.29 is 19.1 Å². The zero-order chi connectivity index (χ0) is 26.6. The summed E-state index contributed by atoms with van der Waals surface area (Å²) in [4.78, 5) is 39.7. The molecule has 1 N–H and O–H groups in total. The van der Waals surface area contributed by atoms with Crippen LogP contribution in [0.3, 0.4) is 0 Å². The van der Waals surface area contributed by atoms with Gasteiger partial charge in [-0.05, 0) is 64.9 Å². The van der Waals surface area contributed by atoms with Gasteiger partial charge in [-0.3, -0.25) is 19.3 Å². The molecular weight excluding hydrogens is 520 g/mol. The third-order valence-electron chi connectivity index (χ3n) is 6.07. The Balaban J connectivity index is 1.39. The van der Waals surface area contributed by atoms with Gasteiger partial charge in [-0.25, -0.2) is 0 Å². The van der Waals surface area contributed by atoms with Crippen LogP contribution in [0.1, 0.15) is 16.7 Å². The number of thioether (sulfide) groups is 1. The first-order chi connectivity index (χ1) is 18.4. The fourth-order valence-corrected chi connectivity index (χ4v) is 5.07. The third kappa shape index (κ3) is 5.59. The van der Waals surface area contributed by atoms with Crippen molar-refractivity contribution in [3.8, 4) is 5.75 Å². The second-order valence-electron chi connectivity index (χ2n) is 8.75. The van der Waals surface area contributed by atoms with Crippen LogP contribution in [0.25, 0.3) is 16.8 Å². The summed E-state index contributed by atoms with van der Waals surface area (Å²) in [5.41, 5.74) is 3.07. The molecule has 6 nitrogen and oxygen atoms in total. The Hall–Kier alpha value is -4.07. The molecule has 1 saturated heterocycles. The van der Waals surface area contributed by atoms with Gasteiger partial charge in [-0.15, -0.1) is 0 Å². The van der Waals surface area contributed by atoms with Crippen LogP contribution < -0.4 is 10.1 Å². The lowest BCUT2D eigenvalue weighted by Gasteiger charge is -2.14. The molecule has 8 heteroatoms. The van der Waals surface area contributed by atoms with E-state index >= 15 is 0 Å². The van der Waals surface area contributed by atoms with Gasteiger partial charge in [0.15, 0.2) is 0 Å². The van der Waals surface area contributed by atoms with E-state index in [4.69, 9.17) is 16.3 Å². The van der Waals surface area contributed by atoms with Crippen molar-refractivity contribution in [2.24, 2.45) is 0 Å². The highest BCUT2D eigenvalue weighted by Crippen LogP contribution is 2.37. The topological polar surface area (TPSA) is 75.7 Å². The zero-order valence-corrected chi connectivity index (χ0v) is 22.0. The average Bonchev–Trinajstić information content (AvgIpc) is 3.18. The molecule has 38 heavy (non-hydrogen) atoms. The number of halogens is 1. The molecule has 4 aromatic carbocycles. The molecule has 0 aromatic heterocycles. The predicted molar refractivity (Wildman–Crippen MR) is 152 cm³/mol. The van der Waals surface area contributed by atoms with Crippen molar-refractivity contribution in [3.05, 3.63) is 112 Å². The zero-order valence-electron chi connectivity index (χ0n) is 20.4. The second-order valence-corrected chi connectivity index (χ2v) is 10.2. The maximum atomic E-state index is 13.2. The normalized spacial score (nSPS) is 14.4. The van der Waals surface area contributed by atoms with Crippen LogP contribution in [-0.2, 0) is 16.2 Å². The summed E-state index contributed by atoms with van der Waals surface area (Å²) in [5, 5.41) is 4.55. The SMILES string of the molecule is Cc1ccc(NC(=O)CN2C(=O)S/C(=C/c3c(OCc4ccccc4)ccc4ccccc34)C2=O)cc1Cl. The average molecular weight is 543 g/mol. The van der Waals surface area contributed by atoms with Crippen LogP contribution in [0.4, 0.5) is 10.5 Å². The van der Waals surface area contributed by atoms with Gasteiger partial charge in [0.2, 0.25) is 5.91 Å². The number of hydrogen-bond donors (Lipinski definition) is 1. The number of ether oxygens (including phenoxy) is 1. The highest BCUT2D eigenvalue weighted by molar-refractivity contribution is 8.18. The minimum atomic E-state index is -0.529. The number of nitrogens with zero attached hydrogens (tertiary/aromatic N) is 1.